The van der Waals surface area contributed by atoms with Crippen LogP contribution in [0.2, 0.25) is 0 Å². The van der Waals surface area contributed by atoms with Crippen LogP contribution in [-0.4, -0.2) is 36.1 Å². The van der Waals surface area contributed by atoms with Crippen LogP contribution < -0.4 is 15.5 Å². The number of hydrogen-bond donors (Lipinski definition) is 2. The Balaban J connectivity index is 1.54. The van der Waals surface area contributed by atoms with Gasteiger partial charge in [-0.3, -0.25) is 9.59 Å². The number of nitrogens with zero attached hydrogens (tertiary/aromatic N) is 2. The normalized spacial score (nSPS) is 14.6. The van der Waals surface area contributed by atoms with Crippen molar-refractivity contribution in [3.8, 4) is 0 Å². The standard InChI is InChI=1S/C32H28N4O3/c1-21-16-18-24(19-17-21)33-32(39)35-30-31(38)36(20-28(37)25-13-7-6-10-22(25)2)27-15-9-8-14-26(27)29(34-30)23-11-4-3-5-12-23/h3-19,30H,20H2,1-2H3,(H2,33,35,39)/t30-/m1/s1. The molecule has 0 aromatic heterocycles. The predicted octanol–water partition coefficient (Wildman–Crippen LogP) is 5.52. The van der Waals surface area contributed by atoms with Crippen LogP contribution >= 0.6 is 0 Å². The monoisotopic (exact) mass is 516 g/mol. The van der Waals surface area contributed by atoms with Crippen molar-refractivity contribution in [2.75, 3.05) is 16.8 Å². The molecule has 1 atom stereocenters. The summed E-state index contributed by atoms with van der Waals surface area (Å²) >= 11 is 0. The first kappa shape index (κ1) is 25.6. The van der Waals surface area contributed by atoms with Crippen LogP contribution in [-0.2, 0) is 4.79 Å². The van der Waals surface area contributed by atoms with Gasteiger partial charge in [-0.15, -0.1) is 0 Å². The molecule has 0 fully saturated rings. The molecule has 7 heteroatoms. The molecule has 7 nitrogen and oxygen atoms in total. The van der Waals surface area contributed by atoms with Crippen LogP contribution in [0.5, 0.6) is 0 Å². The molecule has 0 spiro atoms. The molecule has 4 aromatic carbocycles. The number of benzodiazepines with no additional fused rings is 1. The van der Waals surface area contributed by atoms with Gasteiger partial charge in [-0.25, -0.2) is 9.79 Å². The Morgan fingerprint density at radius 1 is 0.821 bits per heavy atom. The van der Waals surface area contributed by atoms with Crippen molar-refractivity contribution >= 4 is 34.8 Å². The summed E-state index contributed by atoms with van der Waals surface area (Å²) in [5.74, 6) is -0.711. The molecule has 39 heavy (non-hydrogen) atoms. The Kier molecular flexibility index (Phi) is 7.32. The number of para-hydroxylation sites is 1. The van der Waals surface area contributed by atoms with Crippen LogP contribution in [0, 0.1) is 13.8 Å². The highest BCUT2D eigenvalue weighted by molar-refractivity contribution is 6.21. The van der Waals surface area contributed by atoms with E-state index in [2.05, 4.69) is 10.6 Å². The molecule has 2 N–H and O–H groups in total. The molecule has 0 unspecified atom stereocenters. The molecule has 5 rings (SSSR count). The number of aliphatic imine (C=N–C) groups is 1. The van der Waals surface area contributed by atoms with Crippen LogP contribution in [0.4, 0.5) is 16.2 Å². The van der Waals surface area contributed by atoms with E-state index in [4.69, 9.17) is 4.99 Å². The van der Waals surface area contributed by atoms with Crippen molar-refractivity contribution in [2.24, 2.45) is 4.99 Å². The molecular formula is C32H28N4O3. The highest BCUT2D eigenvalue weighted by Crippen LogP contribution is 2.29. The third-order valence-electron chi connectivity index (χ3n) is 6.58. The van der Waals surface area contributed by atoms with Gasteiger partial charge in [0.05, 0.1) is 17.9 Å². The molecule has 194 valence electrons. The van der Waals surface area contributed by atoms with E-state index >= 15 is 0 Å². The lowest BCUT2D eigenvalue weighted by Gasteiger charge is -2.25. The van der Waals surface area contributed by atoms with Crippen LogP contribution in [0.25, 0.3) is 0 Å². The first-order valence-corrected chi connectivity index (χ1v) is 12.7. The first-order chi connectivity index (χ1) is 18.9. The van der Waals surface area contributed by atoms with Gasteiger partial charge >= 0.3 is 6.03 Å². The average Bonchev–Trinajstić information content (AvgIpc) is 3.05. The summed E-state index contributed by atoms with van der Waals surface area (Å²) < 4.78 is 0. The largest absolute Gasteiger partial charge is 0.321 e. The van der Waals surface area contributed by atoms with Crippen molar-refractivity contribution in [3.05, 3.63) is 131 Å². The number of benzene rings is 4. The molecule has 0 radical (unpaired) electrons. The van der Waals surface area contributed by atoms with Crippen molar-refractivity contribution in [1.29, 1.82) is 0 Å². The van der Waals surface area contributed by atoms with Crippen molar-refractivity contribution < 1.29 is 14.4 Å². The Bertz CT molecular complexity index is 1560. The maximum Gasteiger partial charge on any atom is 0.321 e. The second-order valence-corrected chi connectivity index (χ2v) is 9.39. The van der Waals surface area contributed by atoms with E-state index < -0.39 is 18.1 Å². The van der Waals surface area contributed by atoms with Gasteiger partial charge in [0, 0.05) is 22.4 Å². The Labute approximate surface area is 227 Å². The number of amides is 3. The van der Waals surface area contributed by atoms with E-state index in [0.29, 0.717) is 28.2 Å². The molecular weight excluding hydrogens is 488 g/mol. The van der Waals surface area contributed by atoms with E-state index in [1.165, 1.54) is 4.90 Å². The van der Waals surface area contributed by atoms with Crippen LogP contribution in [0.1, 0.15) is 32.6 Å². The zero-order valence-electron chi connectivity index (χ0n) is 21.7. The van der Waals surface area contributed by atoms with Crippen LogP contribution in [0.3, 0.4) is 0 Å². The maximum absolute atomic E-state index is 14.0. The zero-order chi connectivity index (χ0) is 27.4. The van der Waals surface area contributed by atoms with Crippen molar-refractivity contribution in [3.63, 3.8) is 0 Å². The number of Topliss-reactive ketones (excluding diaryl/α,β-unsaturated/α-hetero) is 1. The summed E-state index contributed by atoms with van der Waals surface area (Å²) in [7, 11) is 0. The van der Waals surface area contributed by atoms with E-state index in [1.807, 2.05) is 86.6 Å². The number of rotatable bonds is 6. The number of urea groups is 1. The minimum Gasteiger partial charge on any atom is -0.308 e. The quantitative estimate of drug-likeness (QED) is 0.331. The SMILES string of the molecule is Cc1ccc(NC(=O)N[C@H]2N=C(c3ccccc3)c3ccccc3N(CC(=O)c3ccccc3C)C2=O)cc1. The fraction of sp³-hybridized carbons (Fsp3) is 0.125. The summed E-state index contributed by atoms with van der Waals surface area (Å²) in [4.78, 5) is 46.6. The molecule has 3 amide bonds. The van der Waals surface area contributed by atoms with Gasteiger partial charge in [0.1, 0.15) is 0 Å². The number of carbonyl (C=O) groups excluding carboxylic acids is 3. The number of carbonyl (C=O) groups is 3. The minimum absolute atomic E-state index is 0.198. The zero-order valence-corrected chi connectivity index (χ0v) is 21.7. The topological polar surface area (TPSA) is 90.9 Å². The summed E-state index contributed by atoms with van der Waals surface area (Å²) in [5.41, 5.74) is 5.59. The van der Waals surface area contributed by atoms with Crippen molar-refractivity contribution in [2.45, 2.75) is 20.0 Å². The second kappa shape index (κ2) is 11.1. The van der Waals surface area contributed by atoms with Gasteiger partial charge in [-0.1, -0.05) is 90.5 Å². The van der Waals surface area contributed by atoms with Crippen molar-refractivity contribution in [1.82, 2.24) is 5.32 Å². The lowest BCUT2D eigenvalue weighted by atomic mass is 9.99. The number of hydrogen-bond acceptors (Lipinski definition) is 4. The number of fused-ring (bicyclic) bond motifs is 1. The summed E-state index contributed by atoms with van der Waals surface area (Å²) in [6.45, 7) is 3.62. The van der Waals surface area contributed by atoms with E-state index in [0.717, 1.165) is 16.7 Å². The minimum atomic E-state index is -1.26. The maximum atomic E-state index is 14.0. The third-order valence-corrected chi connectivity index (χ3v) is 6.58. The number of aryl methyl sites for hydroxylation is 2. The van der Waals surface area contributed by atoms with Crippen LogP contribution in [0.15, 0.2) is 108 Å². The number of nitrogens with one attached hydrogen (secondary N) is 2. The third kappa shape index (κ3) is 5.62. The highest BCUT2D eigenvalue weighted by Gasteiger charge is 2.34. The summed E-state index contributed by atoms with van der Waals surface area (Å²) in [6.07, 6.45) is -1.26. The van der Waals surface area contributed by atoms with Gasteiger partial charge in [0.2, 0.25) is 6.17 Å². The molecule has 1 heterocycles. The Morgan fingerprint density at radius 2 is 1.49 bits per heavy atom. The first-order valence-electron chi connectivity index (χ1n) is 12.7. The Morgan fingerprint density at radius 3 is 2.23 bits per heavy atom. The van der Waals surface area contributed by atoms with E-state index in [1.54, 1.807) is 30.3 Å². The highest BCUT2D eigenvalue weighted by atomic mass is 16.2. The summed E-state index contributed by atoms with van der Waals surface area (Å²) in [6, 6.07) is 30.9. The summed E-state index contributed by atoms with van der Waals surface area (Å²) in [5, 5.41) is 5.49. The lowest BCUT2D eigenvalue weighted by Crippen LogP contribution is -2.50. The van der Waals surface area contributed by atoms with Gasteiger partial charge in [0.15, 0.2) is 5.78 Å². The van der Waals surface area contributed by atoms with E-state index in [9.17, 15) is 14.4 Å². The molecule has 1 aliphatic heterocycles. The van der Waals surface area contributed by atoms with Gasteiger partial charge in [-0.05, 0) is 37.6 Å². The lowest BCUT2D eigenvalue weighted by molar-refractivity contribution is -0.120. The molecule has 0 saturated heterocycles. The molecule has 0 aliphatic carbocycles. The average molecular weight is 517 g/mol. The van der Waals surface area contributed by atoms with E-state index in [-0.39, 0.29) is 12.3 Å². The molecule has 0 bridgehead atoms. The van der Waals surface area contributed by atoms with Gasteiger partial charge in [0.25, 0.3) is 5.91 Å². The number of ketones is 1. The fourth-order valence-corrected chi connectivity index (χ4v) is 4.56. The molecule has 1 aliphatic rings. The fourth-order valence-electron chi connectivity index (χ4n) is 4.56. The predicted molar refractivity (Wildman–Crippen MR) is 154 cm³/mol. The smallest absolute Gasteiger partial charge is 0.308 e. The molecule has 4 aromatic rings. The second-order valence-electron chi connectivity index (χ2n) is 9.39. The number of anilines is 2. The molecule has 0 saturated carbocycles. The Hall–Kier alpha value is -5.04. The van der Waals surface area contributed by atoms with Gasteiger partial charge < -0.3 is 15.5 Å². The van der Waals surface area contributed by atoms with Gasteiger partial charge in [-0.2, -0.15) is 0 Å².